The summed E-state index contributed by atoms with van der Waals surface area (Å²) >= 11 is 1.37. The molecule has 2 N–H and O–H groups in total. The number of alkyl carbamates (subject to hydrolysis) is 1. The number of carboxylic acid groups (broad SMARTS) is 1. The summed E-state index contributed by atoms with van der Waals surface area (Å²) in [5, 5.41) is 12.0. The fourth-order valence-electron chi connectivity index (χ4n) is 4.65. The first-order valence-electron chi connectivity index (χ1n) is 11.9. The number of carbonyl (C=O) groups is 3. The van der Waals surface area contributed by atoms with E-state index in [0.29, 0.717) is 5.75 Å². The topological polar surface area (TPSA) is 95.9 Å². The lowest BCUT2D eigenvalue weighted by molar-refractivity contribution is -0.139. The summed E-state index contributed by atoms with van der Waals surface area (Å²) < 4.78 is 5.47. The number of fused-ring (bicyclic) bond motifs is 3. The van der Waals surface area contributed by atoms with Gasteiger partial charge in [-0.25, -0.2) is 9.59 Å². The van der Waals surface area contributed by atoms with E-state index < -0.39 is 18.1 Å². The van der Waals surface area contributed by atoms with Crippen molar-refractivity contribution < 1.29 is 24.2 Å². The number of amides is 2. The summed E-state index contributed by atoms with van der Waals surface area (Å²) in [4.78, 5) is 38.4. The van der Waals surface area contributed by atoms with Crippen molar-refractivity contribution in [2.24, 2.45) is 0 Å². The lowest BCUT2D eigenvalue weighted by atomic mass is 9.98. The minimum absolute atomic E-state index is 0.0244. The highest BCUT2D eigenvalue weighted by molar-refractivity contribution is 7.99. The summed E-state index contributed by atoms with van der Waals surface area (Å²) in [6.45, 7) is 8.01. The van der Waals surface area contributed by atoms with Crippen molar-refractivity contribution in [2.75, 3.05) is 18.1 Å². The van der Waals surface area contributed by atoms with Gasteiger partial charge in [0.25, 0.3) is 0 Å². The molecule has 2 aromatic carbocycles. The first-order chi connectivity index (χ1) is 16.7. The first kappa shape index (κ1) is 26.6. The largest absolute Gasteiger partial charge is 0.480 e. The molecule has 0 radical (unpaired) electrons. The fraction of sp³-hybridized carbons (Fsp3) is 0.444. The van der Waals surface area contributed by atoms with Crippen LogP contribution >= 0.6 is 11.8 Å². The third kappa shape index (κ3) is 6.57. The Kier molecular flexibility index (Phi) is 9.20. The van der Waals surface area contributed by atoms with Crippen molar-refractivity contribution in [1.82, 2.24) is 10.2 Å². The number of nitrogens with one attached hydrogen (secondary N) is 1. The molecule has 2 amide bonds. The van der Waals surface area contributed by atoms with Crippen LogP contribution in [0, 0.1) is 0 Å². The van der Waals surface area contributed by atoms with Gasteiger partial charge in [0.15, 0.2) is 0 Å². The van der Waals surface area contributed by atoms with Gasteiger partial charge in [-0.1, -0.05) is 48.5 Å². The SMILES string of the molecule is CC(C)N(C(=O)CSCCC(NC(=O)OCC1c2ccccc2-c2ccccc21)C(=O)O)C(C)C. The highest BCUT2D eigenvalue weighted by Crippen LogP contribution is 2.44. The van der Waals surface area contributed by atoms with Gasteiger partial charge in [-0.05, 0) is 62.1 Å². The summed E-state index contributed by atoms with van der Waals surface area (Å²) in [5.41, 5.74) is 4.43. The molecule has 0 heterocycles. The van der Waals surface area contributed by atoms with Crippen LogP contribution in [0.15, 0.2) is 48.5 Å². The van der Waals surface area contributed by atoms with E-state index in [9.17, 15) is 19.5 Å². The number of thioether (sulfide) groups is 1. The number of hydrogen-bond donors (Lipinski definition) is 2. The molecule has 0 saturated heterocycles. The number of carbonyl (C=O) groups excluding carboxylic acids is 2. The Balaban J connectivity index is 1.50. The fourth-order valence-corrected chi connectivity index (χ4v) is 5.52. The number of nitrogens with zero attached hydrogens (tertiary/aromatic N) is 1. The predicted octanol–water partition coefficient (Wildman–Crippen LogP) is 4.75. The monoisotopic (exact) mass is 498 g/mol. The van der Waals surface area contributed by atoms with Gasteiger partial charge in [-0.2, -0.15) is 11.8 Å². The molecule has 35 heavy (non-hydrogen) atoms. The number of ether oxygens (including phenoxy) is 1. The molecular formula is C27H34N2O5S. The van der Waals surface area contributed by atoms with Gasteiger partial charge in [0, 0.05) is 18.0 Å². The Morgan fingerprint density at radius 1 is 0.971 bits per heavy atom. The third-order valence-electron chi connectivity index (χ3n) is 6.11. The van der Waals surface area contributed by atoms with E-state index in [-0.39, 0.29) is 42.7 Å². The molecule has 188 valence electrons. The zero-order valence-electron chi connectivity index (χ0n) is 20.7. The van der Waals surface area contributed by atoms with Crippen molar-refractivity contribution in [1.29, 1.82) is 0 Å². The molecule has 1 atom stereocenters. The Labute approximate surface area is 211 Å². The van der Waals surface area contributed by atoms with Crippen LogP contribution in [-0.4, -0.2) is 64.2 Å². The van der Waals surface area contributed by atoms with Crippen molar-refractivity contribution in [3.8, 4) is 11.1 Å². The van der Waals surface area contributed by atoms with Crippen molar-refractivity contribution in [3.63, 3.8) is 0 Å². The third-order valence-corrected chi connectivity index (χ3v) is 7.09. The maximum atomic E-state index is 12.5. The number of aliphatic carboxylic acids is 1. The highest BCUT2D eigenvalue weighted by atomic mass is 32.2. The minimum Gasteiger partial charge on any atom is -0.480 e. The van der Waals surface area contributed by atoms with E-state index >= 15 is 0 Å². The van der Waals surface area contributed by atoms with Gasteiger partial charge in [0.05, 0.1) is 5.75 Å². The van der Waals surface area contributed by atoms with E-state index in [1.165, 1.54) is 11.8 Å². The second kappa shape index (κ2) is 12.1. The van der Waals surface area contributed by atoms with Gasteiger partial charge in [0.1, 0.15) is 12.6 Å². The second-order valence-corrected chi connectivity index (χ2v) is 10.3. The predicted molar refractivity (Wildman–Crippen MR) is 139 cm³/mol. The lowest BCUT2D eigenvalue weighted by Gasteiger charge is -2.30. The molecule has 1 unspecified atom stereocenters. The Morgan fingerprint density at radius 2 is 1.51 bits per heavy atom. The summed E-state index contributed by atoms with van der Waals surface area (Å²) in [6.07, 6.45) is -0.563. The van der Waals surface area contributed by atoms with E-state index in [2.05, 4.69) is 17.4 Å². The van der Waals surface area contributed by atoms with E-state index in [4.69, 9.17) is 4.74 Å². The highest BCUT2D eigenvalue weighted by Gasteiger charge is 2.30. The molecule has 1 aliphatic rings. The standard InChI is InChI=1S/C27H34N2O5S/c1-17(2)29(18(3)4)25(30)16-35-14-13-24(26(31)32)28-27(33)34-15-23-21-11-7-5-9-19(21)20-10-6-8-12-22(20)23/h5-12,17-18,23-24H,13-16H2,1-4H3,(H,28,33)(H,31,32). The summed E-state index contributed by atoms with van der Waals surface area (Å²) in [5.74, 6) is -0.500. The van der Waals surface area contributed by atoms with Crippen LogP contribution in [0.4, 0.5) is 4.79 Å². The Morgan fingerprint density at radius 3 is 2.03 bits per heavy atom. The van der Waals surface area contributed by atoms with Crippen LogP contribution in [0.2, 0.25) is 0 Å². The first-order valence-corrected chi connectivity index (χ1v) is 13.1. The summed E-state index contributed by atoms with van der Waals surface area (Å²) in [7, 11) is 0. The zero-order chi connectivity index (χ0) is 25.5. The number of benzene rings is 2. The quantitative estimate of drug-likeness (QED) is 0.434. The molecule has 8 heteroatoms. The number of hydrogen-bond acceptors (Lipinski definition) is 5. The number of carboxylic acids is 1. The number of rotatable bonds is 11. The summed E-state index contributed by atoms with van der Waals surface area (Å²) in [6, 6.07) is 15.2. The molecule has 0 fully saturated rings. The van der Waals surface area contributed by atoms with E-state index in [1.54, 1.807) is 0 Å². The van der Waals surface area contributed by atoms with Gasteiger partial charge < -0.3 is 20.1 Å². The Bertz CT molecular complexity index is 1000. The molecule has 1 aliphatic carbocycles. The normalized spacial score (nSPS) is 13.3. The van der Waals surface area contributed by atoms with Crippen LogP contribution in [0.3, 0.4) is 0 Å². The second-order valence-electron chi connectivity index (χ2n) is 9.19. The minimum atomic E-state index is -1.13. The smallest absolute Gasteiger partial charge is 0.407 e. The molecule has 0 spiro atoms. The van der Waals surface area contributed by atoms with Crippen molar-refractivity contribution in [2.45, 2.75) is 58.2 Å². The molecule has 7 nitrogen and oxygen atoms in total. The average molecular weight is 499 g/mol. The molecule has 3 rings (SSSR count). The average Bonchev–Trinajstić information content (AvgIpc) is 3.12. The van der Waals surface area contributed by atoms with Gasteiger partial charge >= 0.3 is 12.1 Å². The van der Waals surface area contributed by atoms with Gasteiger partial charge in [0.2, 0.25) is 5.91 Å². The zero-order valence-corrected chi connectivity index (χ0v) is 21.5. The van der Waals surface area contributed by atoms with Gasteiger partial charge in [-0.3, -0.25) is 4.79 Å². The molecule has 0 aliphatic heterocycles. The van der Waals surface area contributed by atoms with E-state index in [1.807, 2.05) is 69.0 Å². The van der Waals surface area contributed by atoms with Gasteiger partial charge in [-0.15, -0.1) is 0 Å². The molecule has 2 aromatic rings. The van der Waals surface area contributed by atoms with Crippen LogP contribution in [0.25, 0.3) is 11.1 Å². The Hall–Kier alpha value is -3.00. The molecule has 0 saturated carbocycles. The van der Waals surface area contributed by atoms with Crippen molar-refractivity contribution >= 4 is 29.7 Å². The van der Waals surface area contributed by atoms with E-state index in [0.717, 1.165) is 22.3 Å². The molecule has 0 aromatic heterocycles. The maximum absolute atomic E-state index is 12.5. The molecular weight excluding hydrogens is 464 g/mol. The van der Waals surface area contributed by atoms with Crippen LogP contribution in [0.1, 0.15) is 51.2 Å². The van der Waals surface area contributed by atoms with Crippen LogP contribution < -0.4 is 5.32 Å². The maximum Gasteiger partial charge on any atom is 0.407 e. The van der Waals surface area contributed by atoms with Crippen LogP contribution in [-0.2, 0) is 14.3 Å². The molecule has 0 bridgehead atoms. The van der Waals surface area contributed by atoms with Crippen LogP contribution in [0.5, 0.6) is 0 Å². The lowest BCUT2D eigenvalue weighted by Crippen LogP contribution is -2.43. The van der Waals surface area contributed by atoms with Crippen molar-refractivity contribution in [3.05, 3.63) is 59.7 Å².